The average Bonchev–Trinajstić information content (AvgIpc) is 3.23. The first-order chi connectivity index (χ1) is 17.4. The molecule has 2 aliphatic carbocycles. The van der Waals surface area contributed by atoms with E-state index in [1.807, 2.05) is 0 Å². The topological polar surface area (TPSA) is 99.4 Å². The molecule has 0 aliphatic heterocycles. The first-order valence-electron chi connectivity index (χ1n) is 11.3. The van der Waals surface area contributed by atoms with Gasteiger partial charge in [-0.05, 0) is 55.4 Å². The molecule has 5 rings (SSSR count). The molecule has 1 aromatic carbocycles. The Kier molecular flexibility index (Phi) is 6.24. The van der Waals surface area contributed by atoms with Crippen molar-refractivity contribution in [3.63, 3.8) is 0 Å². The highest BCUT2D eigenvalue weighted by atomic mass is 19.4. The molecule has 1 spiro atoms. The third kappa shape index (κ3) is 5.63. The molecule has 0 saturated heterocycles. The Morgan fingerprint density at radius 1 is 1.03 bits per heavy atom. The van der Waals surface area contributed by atoms with Crippen LogP contribution in [0, 0.1) is 5.41 Å². The number of benzene rings is 1. The lowest BCUT2D eigenvalue weighted by Crippen LogP contribution is -2.55. The predicted octanol–water partition coefficient (Wildman–Crippen LogP) is 5.01. The number of hydrogen-bond acceptors (Lipinski definition) is 7. The van der Waals surface area contributed by atoms with Gasteiger partial charge in [0, 0.05) is 17.3 Å². The number of rotatable bonds is 7. The zero-order valence-corrected chi connectivity index (χ0v) is 19.0. The van der Waals surface area contributed by atoms with E-state index in [9.17, 15) is 31.1 Å². The van der Waals surface area contributed by atoms with Crippen LogP contribution >= 0.6 is 0 Å². The highest BCUT2D eigenvalue weighted by Gasteiger charge is 2.55. The number of nitrogens with one attached hydrogen (secondary N) is 1. The molecule has 2 saturated carbocycles. The summed E-state index contributed by atoms with van der Waals surface area (Å²) in [4.78, 5) is 16.8. The molecule has 8 nitrogen and oxygen atoms in total. The molecule has 0 radical (unpaired) electrons. The molecule has 2 aromatic heterocycles. The summed E-state index contributed by atoms with van der Waals surface area (Å²) < 4.78 is 88.5. The fraction of sp³-hybridized carbons (Fsp3) is 0.478. The number of hydrogen-bond donors (Lipinski definition) is 1. The maximum absolute atomic E-state index is 12.9. The molecule has 2 fully saturated rings. The maximum Gasteiger partial charge on any atom is 0.522 e. The van der Waals surface area contributed by atoms with Crippen molar-refractivity contribution in [2.45, 2.75) is 50.2 Å². The molecule has 2 aliphatic rings. The van der Waals surface area contributed by atoms with E-state index in [1.165, 1.54) is 18.2 Å². The van der Waals surface area contributed by atoms with Gasteiger partial charge in [0.15, 0.2) is 0 Å². The van der Waals surface area contributed by atoms with E-state index in [-0.39, 0.29) is 29.1 Å². The molecule has 0 atom stereocenters. The van der Waals surface area contributed by atoms with Crippen molar-refractivity contribution in [3.8, 4) is 6.08 Å². The summed E-state index contributed by atoms with van der Waals surface area (Å²) >= 11 is 0. The van der Waals surface area contributed by atoms with Crippen LogP contribution in [0.2, 0.25) is 0 Å². The van der Waals surface area contributed by atoms with Crippen LogP contribution in [0.25, 0.3) is 10.9 Å². The van der Waals surface area contributed by atoms with E-state index in [4.69, 9.17) is 9.15 Å². The molecular formula is C23H20F6N4O4. The van der Waals surface area contributed by atoms with Gasteiger partial charge in [-0.2, -0.15) is 13.2 Å². The van der Waals surface area contributed by atoms with Gasteiger partial charge in [-0.1, -0.05) is 11.2 Å². The number of ether oxygens (including phenoxy) is 2. The summed E-state index contributed by atoms with van der Waals surface area (Å²) in [6.45, 7) is -1.09. The fourth-order valence-corrected chi connectivity index (χ4v) is 5.00. The molecular weight excluding hydrogens is 510 g/mol. The largest absolute Gasteiger partial charge is 0.522 e. The number of nitrogens with zero attached hydrogens (tertiary/aromatic N) is 3. The second-order valence-electron chi connectivity index (χ2n) is 9.33. The first kappa shape index (κ1) is 25.2. The Balaban J connectivity index is 1.08. The Bertz CT molecular complexity index is 1290. The number of fused-ring (bicyclic) bond motifs is 1. The van der Waals surface area contributed by atoms with E-state index in [2.05, 4.69) is 25.2 Å². The standard InChI is InChI=1S/C23H20F6N4O4/c24-22(25,26)14-2-4-16-12(7-14)1-3-17(31-16)18(34)30-15-10-21(11-15)8-13(9-21)19-32-33-20(37-19)35-5-6-36-23(27,28)29/h1-4,7,13,15H,5-6,8-11H2,(H,30,34). The van der Waals surface area contributed by atoms with E-state index in [1.54, 1.807) is 0 Å². The van der Waals surface area contributed by atoms with Crippen molar-refractivity contribution in [1.82, 2.24) is 20.5 Å². The fourth-order valence-electron chi connectivity index (χ4n) is 5.00. The Labute approximate surface area is 205 Å². The van der Waals surface area contributed by atoms with Gasteiger partial charge in [0.25, 0.3) is 5.91 Å². The van der Waals surface area contributed by atoms with Crippen molar-refractivity contribution in [3.05, 3.63) is 47.5 Å². The highest BCUT2D eigenvalue weighted by molar-refractivity contribution is 5.95. The molecule has 2 heterocycles. The summed E-state index contributed by atoms with van der Waals surface area (Å²) in [5, 5.41) is 10.8. The van der Waals surface area contributed by atoms with Gasteiger partial charge in [0.1, 0.15) is 12.3 Å². The minimum Gasteiger partial charge on any atom is -0.447 e. The summed E-state index contributed by atoms with van der Waals surface area (Å²) in [7, 11) is 0. The van der Waals surface area contributed by atoms with Crippen molar-refractivity contribution in [2.75, 3.05) is 13.2 Å². The summed E-state index contributed by atoms with van der Waals surface area (Å²) in [5.41, 5.74) is -0.330. The Morgan fingerprint density at radius 3 is 2.49 bits per heavy atom. The van der Waals surface area contributed by atoms with E-state index >= 15 is 0 Å². The van der Waals surface area contributed by atoms with Gasteiger partial charge in [-0.15, -0.1) is 18.3 Å². The van der Waals surface area contributed by atoms with Crippen LogP contribution in [-0.4, -0.2) is 46.7 Å². The molecule has 198 valence electrons. The van der Waals surface area contributed by atoms with Gasteiger partial charge in [0.05, 0.1) is 17.7 Å². The SMILES string of the molecule is O=C(NC1CC2(C1)CC(c1nnc(OCCOC(F)(F)F)o1)C2)c1ccc2cc(C(F)(F)F)ccc2n1. The molecule has 0 unspecified atom stereocenters. The highest BCUT2D eigenvalue weighted by Crippen LogP contribution is 2.61. The number of pyridine rings is 1. The third-order valence-corrected chi connectivity index (χ3v) is 6.65. The van der Waals surface area contributed by atoms with Crippen molar-refractivity contribution >= 4 is 16.8 Å². The normalized spacial score (nSPS) is 23.5. The maximum atomic E-state index is 12.9. The summed E-state index contributed by atoms with van der Waals surface area (Å²) in [6.07, 6.45) is -6.42. The zero-order valence-electron chi connectivity index (χ0n) is 19.0. The molecule has 14 heteroatoms. The van der Waals surface area contributed by atoms with Crippen LogP contribution in [0.1, 0.15) is 53.5 Å². The number of alkyl halides is 6. The molecule has 1 N–H and O–H groups in total. The van der Waals surface area contributed by atoms with Gasteiger partial charge in [-0.25, -0.2) is 4.98 Å². The van der Waals surface area contributed by atoms with Crippen LogP contribution in [0.15, 0.2) is 34.7 Å². The Morgan fingerprint density at radius 2 is 1.78 bits per heavy atom. The monoisotopic (exact) mass is 530 g/mol. The number of amides is 1. The number of carbonyl (C=O) groups excluding carboxylic acids is 1. The van der Waals surface area contributed by atoms with Crippen LogP contribution < -0.4 is 10.1 Å². The molecule has 1 amide bonds. The van der Waals surface area contributed by atoms with Crippen LogP contribution in [0.5, 0.6) is 6.08 Å². The van der Waals surface area contributed by atoms with Crippen LogP contribution in [0.3, 0.4) is 0 Å². The van der Waals surface area contributed by atoms with Gasteiger partial charge < -0.3 is 14.5 Å². The minimum atomic E-state index is -4.74. The molecule has 37 heavy (non-hydrogen) atoms. The number of carbonyl (C=O) groups is 1. The van der Waals surface area contributed by atoms with E-state index in [0.717, 1.165) is 37.8 Å². The van der Waals surface area contributed by atoms with Gasteiger partial charge in [0.2, 0.25) is 5.89 Å². The van der Waals surface area contributed by atoms with Gasteiger partial charge >= 0.3 is 18.6 Å². The van der Waals surface area contributed by atoms with E-state index in [0.29, 0.717) is 16.8 Å². The Hall–Kier alpha value is -3.42. The summed E-state index contributed by atoms with van der Waals surface area (Å²) in [5.74, 6) is -0.0544. The quantitative estimate of drug-likeness (QED) is 0.339. The van der Waals surface area contributed by atoms with Crippen LogP contribution in [0.4, 0.5) is 26.3 Å². The lowest BCUT2D eigenvalue weighted by atomic mass is 9.50. The van der Waals surface area contributed by atoms with Crippen LogP contribution in [-0.2, 0) is 10.9 Å². The molecule has 0 bridgehead atoms. The smallest absolute Gasteiger partial charge is 0.447 e. The van der Waals surface area contributed by atoms with Crippen molar-refractivity contribution in [1.29, 1.82) is 0 Å². The first-order valence-corrected chi connectivity index (χ1v) is 11.3. The number of halogens is 6. The lowest BCUT2D eigenvalue weighted by Gasteiger charge is -2.56. The summed E-state index contributed by atoms with van der Waals surface area (Å²) in [6, 6.07) is 5.95. The second-order valence-corrected chi connectivity index (χ2v) is 9.33. The zero-order chi connectivity index (χ0) is 26.4. The van der Waals surface area contributed by atoms with Crippen molar-refractivity contribution < 1.29 is 45.0 Å². The minimum absolute atomic E-state index is 0.00308. The van der Waals surface area contributed by atoms with E-state index < -0.39 is 37.2 Å². The third-order valence-electron chi connectivity index (χ3n) is 6.65. The van der Waals surface area contributed by atoms with Crippen molar-refractivity contribution in [2.24, 2.45) is 5.41 Å². The lowest BCUT2D eigenvalue weighted by molar-refractivity contribution is -0.325. The van der Waals surface area contributed by atoms with Gasteiger partial charge in [-0.3, -0.25) is 9.53 Å². The predicted molar refractivity (Wildman–Crippen MR) is 113 cm³/mol. The second kappa shape index (κ2) is 9.15. The molecule has 3 aromatic rings. The number of aromatic nitrogens is 3. The average molecular weight is 530 g/mol.